The van der Waals surface area contributed by atoms with Gasteiger partial charge in [-0.05, 0) is 36.7 Å². The van der Waals surface area contributed by atoms with Gasteiger partial charge in [-0.1, -0.05) is 18.2 Å². The zero-order chi connectivity index (χ0) is 16.5. The van der Waals surface area contributed by atoms with E-state index in [0.717, 1.165) is 39.1 Å². The van der Waals surface area contributed by atoms with Crippen molar-refractivity contribution in [1.82, 2.24) is 9.47 Å². The Morgan fingerprint density at radius 3 is 2.92 bits per heavy atom. The molecule has 0 aliphatic carbocycles. The molecule has 0 spiro atoms. The van der Waals surface area contributed by atoms with E-state index < -0.39 is 5.97 Å². The molecule has 5 heteroatoms. The second-order valence-electron chi connectivity index (χ2n) is 6.70. The first-order valence-electron chi connectivity index (χ1n) is 8.66. The van der Waals surface area contributed by atoms with Crippen LogP contribution in [0.5, 0.6) is 0 Å². The monoisotopic (exact) mass is 325 g/mol. The standard InChI is InChI=1S/C19H23N3O2/c23-19(24)8-4-9-20-11-12-22-16-6-2-1-5-15(16)13-21-10-3-7-17(21)18(22)14-20/h1-3,5-7,10,18H,4,8-9,11-14H2,(H,23,24)/t18-/m1/s1. The number of carboxylic acids is 1. The average molecular weight is 325 g/mol. The Morgan fingerprint density at radius 2 is 2.04 bits per heavy atom. The molecule has 4 rings (SSSR count). The minimum Gasteiger partial charge on any atom is -0.481 e. The largest absolute Gasteiger partial charge is 0.481 e. The van der Waals surface area contributed by atoms with Crippen LogP contribution in [0.15, 0.2) is 42.6 Å². The Kier molecular flexibility index (Phi) is 4.02. The molecule has 0 bridgehead atoms. The molecule has 0 unspecified atom stereocenters. The molecule has 3 heterocycles. The van der Waals surface area contributed by atoms with Gasteiger partial charge in [0.2, 0.25) is 0 Å². The maximum absolute atomic E-state index is 10.8. The van der Waals surface area contributed by atoms with Gasteiger partial charge in [0.25, 0.3) is 0 Å². The van der Waals surface area contributed by atoms with E-state index in [9.17, 15) is 4.79 Å². The molecule has 1 aromatic heterocycles. The van der Waals surface area contributed by atoms with Crippen molar-refractivity contribution in [3.63, 3.8) is 0 Å². The summed E-state index contributed by atoms with van der Waals surface area (Å²) in [6.07, 6.45) is 3.14. The summed E-state index contributed by atoms with van der Waals surface area (Å²) in [6, 6.07) is 13.4. The first kappa shape index (κ1) is 15.3. The Morgan fingerprint density at radius 1 is 1.17 bits per heavy atom. The molecular weight excluding hydrogens is 302 g/mol. The van der Waals surface area contributed by atoms with Crippen LogP contribution >= 0.6 is 0 Å². The van der Waals surface area contributed by atoms with E-state index in [0.29, 0.717) is 6.04 Å². The fourth-order valence-electron chi connectivity index (χ4n) is 4.02. The highest BCUT2D eigenvalue weighted by Gasteiger charge is 2.33. The SMILES string of the molecule is O=C(O)CCCN1CCN2c3ccccc3Cn3cccc3[C@H]2C1. The second-order valence-corrected chi connectivity index (χ2v) is 6.70. The van der Waals surface area contributed by atoms with E-state index in [1.807, 2.05) is 0 Å². The lowest BCUT2D eigenvalue weighted by molar-refractivity contribution is -0.137. The Labute approximate surface area is 142 Å². The number of carboxylic acid groups (broad SMARTS) is 1. The van der Waals surface area contributed by atoms with Crippen LogP contribution in [0.2, 0.25) is 0 Å². The molecule has 0 amide bonds. The van der Waals surface area contributed by atoms with E-state index in [1.165, 1.54) is 16.9 Å². The highest BCUT2D eigenvalue weighted by molar-refractivity contribution is 5.66. The van der Waals surface area contributed by atoms with Gasteiger partial charge in [-0.3, -0.25) is 9.69 Å². The van der Waals surface area contributed by atoms with Crippen molar-refractivity contribution < 1.29 is 9.90 Å². The van der Waals surface area contributed by atoms with Crippen LogP contribution in [0.3, 0.4) is 0 Å². The molecule has 1 fully saturated rings. The van der Waals surface area contributed by atoms with E-state index in [1.54, 1.807) is 0 Å². The number of hydrogen-bond acceptors (Lipinski definition) is 3. The number of hydrogen-bond donors (Lipinski definition) is 1. The number of benzene rings is 1. The van der Waals surface area contributed by atoms with Crippen molar-refractivity contribution >= 4 is 11.7 Å². The number of carbonyl (C=O) groups is 1. The van der Waals surface area contributed by atoms with Crippen molar-refractivity contribution in [1.29, 1.82) is 0 Å². The molecule has 24 heavy (non-hydrogen) atoms. The lowest BCUT2D eigenvalue weighted by atomic mass is 10.1. The number of rotatable bonds is 4. The molecule has 1 saturated heterocycles. The molecule has 0 radical (unpaired) electrons. The molecule has 1 aromatic carbocycles. The van der Waals surface area contributed by atoms with E-state index in [2.05, 4.69) is 57.0 Å². The average Bonchev–Trinajstić information content (AvgIpc) is 2.98. The third-order valence-corrected chi connectivity index (χ3v) is 5.18. The van der Waals surface area contributed by atoms with Gasteiger partial charge in [-0.25, -0.2) is 0 Å². The third kappa shape index (κ3) is 2.80. The minimum absolute atomic E-state index is 0.254. The van der Waals surface area contributed by atoms with E-state index in [-0.39, 0.29) is 6.42 Å². The summed E-state index contributed by atoms with van der Waals surface area (Å²) >= 11 is 0. The zero-order valence-electron chi connectivity index (χ0n) is 13.8. The summed E-state index contributed by atoms with van der Waals surface area (Å²) in [5.41, 5.74) is 4.07. The zero-order valence-corrected chi connectivity index (χ0v) is 13.8. The third-order valence-electron chi connectivity index (χ3n) is 5.18. The molecule has 0 saturated carbocycles. The van der Waals surface area contributed by atoms with Gasteiger partial charge in [0, 0.05) is 50.2 Å². The Bertz CT molecular complexity index is 740. The lowest BCUT2D eigenvalue weighted by Gasteiger charge is -2.42. The quantitative estimate of drug-likeness (QED) is 0.939. The smallest absolute Gasteiger partial charge is 0.303 e. The minimum atomic E-state index is -0.703. The normalized spacial score (nSPS) is 20.0. The van der Waals surface area contributed by atoms with Crippen LogP contribution in [-0.2, 0) is 11.3 Å². The summed E-state index contributed by atoms with van der Waals surface area (Å²) in [5.74, 6) is -0.703. The number of aliphatic carboxylic acids is 1. The van der Waals surface area contributed by atoms with Crippen molar-refractivity contribution in [2.24, 2.45) is 0 Å². The topological polar surface area (TPSA) is 48.7 Å². The predicted octanol–water partition coefficient (Wildman–Crippen LogP) is 2.58. The van der Waals surface area contributed by atoms with E-state index >= 15 is 0 Å². The van der Waals surface area contributed by atoms with Crippen LogP contribution in [0.4, 0.5) is 5.69 Å². The number of para-hydroxylation sites is 1. The summed E-state index contributed by atoms with van der Waals surface area (Å²) in [4.78, 5) is 15.7. The fraction of sp³-hybridized carbons (Fsp3) is 0.421. The maximum Gasteiger partial charge on any atom is 0.303 e. The summed E-state index contributed by atoms with van der Waals surface area (Å²) in [6.45, 7) is 4.71. The molecular formula is C19H23N3O2. The van der Waals surface area contributed by atoms with Gasteiger partial charge in [-0.2, -0.15) is 0 Å². The van der Waals surface area contributed by atoms with Crippen LogP contribution in [0.25, 0.3) is 0 Å². The molecule has 2 aliphatic heterocycles. The first-order valence-corrected chi connectivity index (χ1v) is 8.66. The number of anilines is 1. The highest BCUT2D eigenvalue weighted by Crippen LogP contribution is 2.36. The van der Waals surface area contributed by atoms with Crippen LogP contribution in [0, 0.1) is 0 Å². The van der Waals surface area contributed by atoms with Gasteiger partial charge in [0.1, 0.15) is 0 Å². The van der Waals surface area contributed by atoms with Crippen molar-refractivity contribution in [3.05, 3.63) is 53.9 Å². The second kappa shape index (κ2) is 6.32. The van der Waals surface area contributed by atoms with Crippen LogP contribution in [-0.4, -0.2) is 46.7 Å². The summed E-state index contributed by atoms with van der Waals surface area (Å²) < 4.78 is 2.35. The van der Waals surface area contributed by atoms with Crippen molar-refractivity contribution in [2.75, 3.05) is 31.1 Å². The highest BCUT2D eigenvalue weighted by atomic mass is 16.4. The first-order chi connectivity index (χ1) is 11.7. The van der Waals surface area contributed by atoms with Crippen molar-refractivity contribution in [2.45, 2.75) is 25.4 Å². The Balaban J connectivity index is 1.59. The number of aromatic nitrogens is 1. The number of nitrogens with zero attached hydrogens (tertiary/aromatic N) is 3. The van der Waals surface area contributed by atoms with Gasteiger partial charge in [-0.15, -0.1) is 0 Å². The van der Waals surface area contributed by atoms with Crippen LogP contribution < -0.4 is 4.90 Å². The predicted molar refractivity (Wildman–Crippen MR) is 93.4 cm³/mol. The lowest BCUT2D eigenvalue weighted by Crippen LogP contribution is -2.49. The molecule has 2 aliphatic rings. The van der Waals surface area contributed by atoms with Gasteiger partial charge in [0.15, 0.2) is 0 Å². The maximum atomic E-state index is 10.8. The van der Waals surface area contributed by atoms with Gasteiger partial charge < -0.3 is 14.6 Å². The number of fused-ring (bicyclic) bond motifs is 5. The van der Waals surface area contributed by atoms with E-state index in [4.69, 9.17) is 5.11 Å². The molecule has 2 aromatic rings. The van der Waals surface area contributed by atoms with Gasteiger partial charge in [0.05, 0.1) is 6.04 Å². The molecule has 126 valence electrons. The van der Waals surface area contributed by atoms with Crippen molar-refractivity contribution in [3.8, 4) is 0 Å². The van der Waals surface area contributed by atoms with Gasteiger partial charge >= 0.3 is 5.97 Å². The number of piperazine rings is 1. The summed E-state index contributed by atoms with van der Waals surface area (Å²) in [5, 5.41) is 8.85. The molecule has 1 N–H and O–H groups in total. The molecule has 5 nitrogen and oxygen atoms in total. The fourth-order valence-corrected chi connectivity index (χ4v) is 4.02. The Hall–Kier alpha value is -2.27. The molecule has 1 atom stereocenters. The van der Waals surface area contributed by atoms with Crippen LogP contribution in [0.1, 0.15) is 30.1 Å². The summed E-state index contributed by atoms with van der Waals surface area (Å²) in [7, 11) is 0.